The second kappa shape index (κ2) is 7.82. The Kier molecular flexibility index (Phi) is 5.80. The van der Waals surface area contributed by atoms with E-state index >= 15 is 0 Å². The number of hydrogen-bond acceptors (Lipinski definition) is 4. The van der Waals surface area contributed by atoms with Crippen LogP contribution in [0.2, 0.25) is 5.02 Å². The number of carboxylic acid groups (broad SMARTS) is 1. The highest BCUT2D eigenvalue weighted by molar-refractivity contribution is 9.10. The van der Waals surface area contributed by atoms with Crippen molar-refractivity contribution in [1.82, 2.24) is 0 Å². The Labute approximate surface area is 140 Å². The number of para-hydroxylation sites is 1. The molecule has 22 heavy (non-hydrogen) atoms. The second-order valence-electron chi connectivity index (χ2n) is 4.21. The number of ether oxygens (including phenoxy) is 1. The van der Waals surface area contributed by atoms with Crippen molar-refractivity contribution in [1.29, 1.82) is 0 Å². The van der Waals surface area contributed by atoms with Gasteiger partial charge >= 0.3 is 5.97 Å². The Bertz CT molecular complexity index is 707. The number of anilines is 1. The Balaban J connectivity index is 2.13. The maximum absolute atomic E-state index is 10.6. The van der Waals surface area contributed by atoms with Crippen LogP contribution in [0.1, 0.15) is 5.56 Å². The van der Waals surface area contributed by atoms with Crippen molar-refractivity contribution in [3.63, 3.8) is 0 Å². The van der Waals surface area contributed by atoms with Crippen LogP contribution in [0.4, 0.5) is 5.69 Å². The lowest BCUT2D eigenvalue weighted by molar-refractivity contribution is -0.139. The number of halogens is 2. The summed E-state index contributed by atoms with van der Waals surface area (Å²) in [5.74, 6) is -0.615. The zero-order valence-corrected chi connectivity index (χ0v) is 13.6. The first-order valence-electron chi connectivity index (χ1n) is 6.24. The van der Waals surface area contributed by atoms with Gasteiger partial charge in [0.2, 0.25) is 0 Å². The molecule has 0 spiro atoms. The van der Waals surface area contributed by atoms with Crippen LogP contribution in [-0.4, -0.2) is 23.9 Å². The van der Waals surface area contributed by atoms with Crippen molar-refractivity contribution in [2.24, 2.45) is 5.10 Å². The minimum Gasteiger partial charge on any atom is -0.481 e. The summed E-state index contributed by atoms with van der Waals surface area (Å²) < 4.78 is 6.04. The number of benzene rings is 2. The fourth-order valence-electron chi connectivity index (χ4n) is 1.61. The molecule has 2 aromatic rings. The Hall–Kier alpha value is -2.05. The molecule has 0 heterocycles. The van der Waals surface area contributed by atoms with Crippen LogP contribution in [0, 0.1) is 0 Å². The SMILES string of the molecule is O=C(O)COc1ccc(Br)cc1/C=N/Nc1ccccc1Cl. The summed E-state index contributed by atoms with van der Waals surface area (Å²) >= 11 is 9.36. The molecule has 2 N–H and O–H groups in total. The predicted molar refractivity (Wildman–Crippen MR) is 89.9 cm³/mol. The van der Waals surface area contributed by atoms with E-state index in [4.69, 9.17) is 21.4 Å². The van der Waals surface area contributed by atoms with Gasteiger partial charge in [0.15, 0.2) is 6.61 Å². The van der Waals surface area contributed by atoms with E-state index in [2.05, 4.69) is 26.5 Å². The van der Waals surface area contributed by atoms with Crippen molar-refractivity contribution in [2.45, 2.75) is 0 Å². The van der Waals surface area contributed by atoms with Crippen LogP contribution in [0.25, 0.3) is 0 Å². The molecule has 0 aliphatic heterocycles. The van der Waals surface area contributed by atoms with E-state index in [0.717, 1.165) is 4.47 Å². The first-order valence-corrected chi connectivity index (χ1v) is 7.41. The predicted octanol–water partition coefficient (Wildman–Crippen LogP) is 4.01. The maximum Gasteiger partial charge on any atom is 0.341 e. The largest absolute Gasteiger partial charge is 0.481 e. The molecule has 0 radical (unpaired) electrons. The minimum atomic E-state index is -1.04. The molecule has 0 amide bonds. The number of rotatable bonds is 6. The van der Waals surface area contributed by atoms with Crippen LogP contribution >= 0.6 is 27.5 Å². The van der Waals surface area contributed by atoms with Gasteiger partial charge in [-0.25, -0.2) is 4.79 Å². The van der Waals surface area contributed by atoms with Crippen LogP contribution in [-0.2, 0) is 4.79 Å². The Morgan fingerprint density at radius 1 is 1.36 bits per heavy atom. The van der Waals surface area contributed by atoms with Gasteiger partial charge in [-0.3, -0.25) is 5.43 Å². The smallest absolute Gasteiger partial charge is 0.341 e. The molecular weight excluding hydrogens is 372 g/mol. The zero-order valence-electron chi connectivity index (χ0n) is 11.3. The first-order chi connectivity index (χ1) is 10.6. The topological polar surface area (TPSA) is 70.9 Å². The third kappa shape index (κ3) is 4.75. The summed E-state index contributed by atoms with van der Waals surface area (Å²) in [4.78, 5) is 10.6. The Morgan fingerprint density at radius 2 is 2.14 bits per heavy atom. The highest BCUT2D eigenvalue weighted by Crippen LogP contribution is 2.23. The standard InChI is InChI=1S/C15H12BrClN2O3/c16-11-5-6-14(22-9-15(20)21)10(7-11)8-18-19-13-4-2-1-3-12(13)17/h1-8,19H,9H2,(H,20,21)/b18-8+. The van der Waals surface area contributed by atoms with E-state index in [1.54, 1.807) is 30.3 Å². The Morgan fingerprint density at radius 3 is 2.86 bits per heavy atom. The van der Waals surface area contributed by atoms with Gasteiger partial charge < -0.3 is 9.84 Å². The monoisotopic (exact) mass is 382 g/mol. The number of aliphatic carboxylic acids is 1. The number of hydrazone groups is 1. The maximum atomic E-state index is 10.6. The molecule has 2 rings (SSSR count). The second-order valence-corrected chi connectivity index (χ2v) is 5.54. The molecule has 0 aliphatic carbocycles. The highest BCUT2D eigenvalue weighted by Gasteiger charge is 2.05. The molecule has 0 saturated carbocycles. The summed E-state index contributed by atoms with van der Waals surface area (Å²) in [7, 11) is 0. The van der Waals surface area contributed by atoms with E-state index in [0.29, 0.717) is 22.0 Å². The average molecular weight is 384 g/mol. The van der Waals surface area contributed by atoms with Gasteiger partial charge in [-0.2, -0.15) is 5.10 Å². The summed E-state index contributed by atoms with van der Waals surface area (Å²) in [6.07, 6.45) is 1.53. The molecule has 0 bridgehead atoms. The minimum absolute atomic E-state index is 0.416. The number of hydrogen-bond donors (Lipinski definition) is 2. The average Bonchev–Trinajstić information content (AvgIpc) is 2.48. The number of nitrogens with zero attached hydrogens (tertiary/aromatic N) is 1. The molecule has 0 unspecified atom stereocenters. The fourth-order valence-corrected chi connectivity index (χ4v) is 2.17. The molecule has 0 fully saturated rings. The van der Waals surface area contributed by atoms with E-state index in [1.807, 2.05) is 12.1 Å². The highest BCUT2D eigenvalue weighted by atomic mass is 79.9. The molecule has 0 aliphatic rings. The van der Waals surface area contributed by atoms with Crippen molar-refractivity contribution in [3.05, 3.63) is 57.5 Å². The lowest BCUT2D eigenvalue weighted by atomic mass is 10.2. The molecule has 114 valence electrons. The third-order valence-electron chi connectivity index (χ3n) is 2.59. The molecule has 0 aromatic heterocycles. The lowest BCUT2D eigenvalue weighted by Gasteiger charge is -2.07. The molecule has 0 saturated heterocycles. The summed E-state index contributed by atoms with van der Waals surface area (Å²) in [6.45, 7) is -0.416. The normalized spacial score (nSPS) is 10.6. The van der Waals surface area contributed by atoms with Gasteiger partial charge in [0, 0.05) is 10.0 Å². The van der Waals surface area contributed by atoms with Gasteiger partial charge in [-0.05, 0) is 30.3 Å². The van der Waals surface area contributed by atoms with E-state index in [1.165, 1.54) is 6.21 Å². The number of carboxylic acids is 1. The summed E-state index contributed by atoms with van der Waals surface area (Å²) in [5, 5.41) is 13.3. The molecule has 7 heteroatoms. The van der Waals surface area contributed by atoms with Gasteiger partial charge in [0.1, 0.15) is 5.75 Å². The first kappa shape index (κ1) is 16.3. The number of nitrogens with one attached hydrogen (secondary N) is 1. The lowest BCUT2D eigenvalue weighted by Crippen LogP contribution is -2.10. The van der Waals surface area contributed by atoms with Crippen LogP contribution in [0.3, 0.4) is 0 Å². The van der Waals surface area contributed by atoms with Gasteiger partial charge in [-0.1, -0.05) is 39.7 Å². The van der Waals surface area contributed by atoms with Crippen molar-refractivity contribution >= 4 is 45.4 Å². The molecule has 5 nitrogen and oxygen atoms in total. The quantitative estimate of drug-likeness (QED) is 0.584. The fraction of sp³-hybridized carbons (Fsp3) is 0.0667. The van der Waals surface area contributed by atoms with Gasteiger partial charge in [0.05, 0.1) is 16.9 Å². The van der Waals surface area contributed by atoms with Crippen molar-refractivity contribution in [3.8, 4) is 5.75 Å². The van der Waals surface area contributed by atoms with E-state index < -0.39 is 12.6 Å². The third-order valence-corrected chi connectivity index (χ3v) is 3.41. The van der Waals surface area contributed by atoms with E-state index in [-0.39, 0.29) is 0 Å². The van der Waals surface area contributed by atoms with Gasteiger partial charge in [-0.15, -0.1) is 0 Å². The van der Waals surface area contributed by atoms with Gasteiger partial charge in [0.25, 0.3) is 0 Å². The van der Waals surface area contributed by atoms with Crippen molar-refractivity contribution in [2.75, 3.05) is 12.0 Å². The number of carbonyl (C=O) groups is 1. The van der Waals surface area contributed by atoms with Crippen LogP contribution < -0.4 is 10.2 Å². The van der Waals surface area contributed by atoms with Crippen molar-refractivity contribution < 1.29 is 14.6 Å². The molecule has 0 atom stereocenters. The summed E-state index contributed by atoms with van der Waals surface area (Å²) in [5.41, 5.74) is 4.13. The molecular formula is C15H12BrClN2O3. The summed E-state index contributed by atoms with van der Waals surface area (Å²) in [6, 6.07) is 12.4. The van der Waals surface area contributed by atoms with E-state index in [9.17, 15) is 4.79 Å². The zero-order chi connectivity index (χ0) is 15.9. The van der Waals surface area contributed by atoms with Crippen LogP contribution in [0.5, 0.6) is 5.75 Å². The van der Waals surface area contributed by atoms with Crippen LogP contribution in [0.15, 0.2) is 52.0 Å². The molecule has 2 aromatic carbocycles.